The van der Waals surface area contributed by atoms with Gasteiger partial charge in [0.1, 0.15) is 0 Å². The van der Waals surface area contributed by atoms with E-state index in [2.05, 4.69) is 23.0 Å². The lowest BCUT2D eigenvalue weighted by atomic mass is 9.79. The molecule has 0 radical (unpaired) electrons. The number of rotatable bonds is 4. The second-order valence-electron chi connectivity index (χ2n) is 9.58. The zero-order valence-electron chi connectivity index (χ0n) is 22.1. The highest BCUT2D eigenvalue weighted by molar-refractivity contribution is 6.15. The fourth-order valence-electron chi connectivity index (χ4n) is 4.96. The van der Waals surface area contributed by atoms with Crippen LogP contribution < -0.4 is 9.47 Å². The molecule has 8 nitrogen and oxygen atoms in total. The summed E-state index contributed by atoms with van der Waals surface area (Å²) in [7, 11) is 13.0. The van der Waals surface area contributed by atoms with E-state index in [1.165, 1.54) is 5.56 Å². The smallest absolute Gasteiger partial charge is 0.280 e. The highest BCUT2D eigenvalue weighted by atomic mass is 35.5. The van der Waals surface area contributed by atoms with Crippen LogP contribution in [0.25, 0.3) is 0 Å². The van der Waals surface area contributed by atoms with Crippen LogP contribution in [-0.4, -0.2) is 101 Å². The van der Waals surface area contributed by atoms with Crippen LogP contribution >= 0.6 is 12.4 Å². The number of guanidine groups is 1. The third-order valence-electron chi connectivity index (χ3n) is 6.69. The summed E-state index contributed by atoms with van der Waals surface area (Å²) in [6.07, 6.45) is 1.00. The molecule has 0 aromatic heterocycles. The van der Waals surface area contributed by atoms with E-state index in [1.807, 2.05) is 68.3 Å². The Kier molecular flexibility index (Phi) is 8.63. The number of carbonyl (C=O) groups is 1. The molecule has 0 N–H and O–H groups in total. The van der Waals surface area contributed by atoms with Crippen molar-refractivity contribution in [1.29, 1.82) is 0 Å². The number of likely N-dealkylation sites (tertiary alicyclic amines) is 1. The predicted molar refractivity (Wildman–Crippen MR) is 147 cm³/mol. The molecule has 1 saturated heterocycles. The van der Waals surface area contributed by atoms with Crippen molar-refractivity contribution in [3.8, 4) is 11.5 Å². The SMILES string of the molecule is COc1cc2c(cc1OC)[C@H]1CN(C)CC[C@H]1N=C2c1ccc(C(=O)N=C(N(C)C)N(C)C)cc1.Cl. The lowest BCUT2D eigenvalue weighted by molar-refractivity contribution is 0.0999. The second kappa shape index (κ2) is 11.3. The van der Waals surface area contributed by atoms with Crippen LogP contribution in [0, 0.1) is 0 Å². The van der Waals surface area contributed by atoms with E-state index < -0.39 is 0 Å². The van der Waals surface area contributed by atoms with E-state index in [9.17, 15) is 4.79 Å². The first kappa shape index (κ1) is 27.5. The van der Waals surface area contributed by atoms with Crippen LogP contribution in [0.4, 0.5) is 0 Å². The maximum absolute atomic E-state index is 12.8. The third kappa shape index (κ3) is 5.34. The number of aliphatic imine (C=N–C) groups is 2. The molecule has 1 amide bonds. The Labute approximate surface area is 220 Å². The number of ether oxygens (including phenoxy) is 2. The maximum atomic E-state index is 12.8. The quantitative estimate of drug-likeness (QED) is 0.461. The number of benzene rings is 2. The lowest BCUT2D eigenvalue weighted by Gasteiger charge is -2.39. The molecule has 194 valence electrons. The van der Waals surface area contributed by atoms with Crippen molar-refractivity contribution in [3.63, 3.8) is 0 Å². The molecule has 2 aliphatic heterocycles. The molecular weight excluding hydrogens is 478 g/mol. The topological polar surface area (TPSA) is 70.0 Å². The molecule has 2 heterocycles. The molecule has 36 heavy (non-hydrogen) atoms. The van der Waals surface area contributed by atoms with Gasteiger partial charge in [-0.25, -0.2) is 0 Å². The van der Waals surface area contributed by atoms with Crippen LogP contribution in [0.15, 0.2) is 46.4 Å². The average molecular weight is 514 g/mol. The summed E-state index contributed by atoms with van der Waals surface area (Å²) < 4.78 is 11.2. The van der Waals surface area contributed by atoms with Gasteiger partial charge in [-0.3, -0.25) is 9.79 Å². The first-order valence-corrected chi connectivity index (χ1v) is 11.8. The maximum Gasteiger partial charge on any atom is 0.280 e. The summed E-state index contributed by atoms with van der Waals surface area (Å²) >= 11 is 0. The molecule has 2 aromatic carbocycles. The van der Waals surface area contributed by atoms with Crippen LogP contribution in [0.1, 0.15) is 39.4 Å². The average Bonchev–Trinajstić information content (AvgIpc) is 2.85. The zero-order valence-corrected chi connectivity index (χ0v) is 22.9. The summed E-state index contributed by atoms with van der Waals surface area (Å²) in [5.74, 6) is 2.04. The van der Waals surface area contributed by atoms with E-state index >= 15 is 0 Å². The van der Waals surface area contributed by atoms with Gasteiger partial charge in [0.2, 0.25) is 5.96 Å². The molecule has 1 fully saturated rings. The lowest BCUT2D eigenvalue weighted by Crippen LogP contribution is -2.41. The van der Waals surface area contributed by atoms with Gasteiger partial charge in [0.25, 0.3) is 5.91 Å². The van der Waals surface area contributed by atoms with Crippen LogP contribution in [-0.2, 0) is 0 Å². The van der Waals surface area contributed by atoms with Gasteiger partial charge in [-0.15, -0.1) is 12.4 Å². The fraction of sp³-hybridized carbons (Fsp3) is 0.444. The molecule has 9 heteroatoms. The van der Waals surface area contributed by atoms with E-state index in [-0.39, 0.29) is 24.4 Å². The molecule has 0 bridgehead atoms. The Hall–Kier alpha value is -3.10. The van der Waals surface area contributed by atoms with Gasteiger partial charge in [-0.1, -0.05) is 12.1 Å². The van der Waals surface area contributed by atoms with Crippen molar-refractivity contribution in [2.45, 2.75) is 18.4 Å². The normalized spacial score (nSPS) is 18.6. The van der Waals surface area contributed by atoms with E-state index in [1.54, 1.807) is 14.2 Å². The van der Waals surface area contributed by atoms with Gasteiger partial charge in [0.15, 0.2) is 11.5 Å². The number of likely N-dealkylation sites (N-methyl/N-ethyl adjacent to an activating group) is 1. The number of piperidine rings is 1. The second-order valence-corrected chi connectivity index (χ2v) is 9.58. The van der Waals surface area contributed by atoms with Crippen molar-refractivity contribution in [3.05, 3.63) is 58.7 Å². The van der Waals surface area contributed by atoms with Crippen molar-refractivity contribution in [2.75, 3.05) is 62.5 Å². The van der Waals surface area contributed by atoms with Gasteiger partial charge < -0.3 is 24.2 Å². The van der Waals surface area contributed by atoms with E-state index in [0.29, 0.717) is 23.2 Å². The van der Waals surface area contributed by atoms with Gasteiger partial charge in [-0.2, -0.15) is 4.99 Å². The number of halogens is 1. The molecule has 0 spiro atoms. The van der Waals surface area contributed by atoms with Crippen molar-refractivity contribution < 1.29 is 14.3 Å². The zero-order chi connectivity index (χ0) is 25.3. The van der Waals surface area contributed by atoms with Crippen molar-refractivity contribution in [2.24, 2.45) is 9.98 Å². The molecule has 2 atom stereocenters. The van der Waals surface area contributed by atoms with Crippen molar-refractivity contribution >= 4 is 30.0 Å². The summed E-state index contributed by atoms with van der Waals surface area (Å²) in [6.45, 7) is 1.97. The Morgan fingerprint density at radius 1 is 1.03 bits per heavy atom. The van der Waals surface area contributed by atoms with Crippen LogP contribution in [0.3, 0.4) is 0 Å². The van der Waals surface area contributed by atoms with E-state index in [4.69, 9.17) is 14.5 Å². The Morgan fingerprint density at radius 3 is 2.22 bits per heavy atom. The van der Waals surface area contributed by atoms with Gasteiger partial charge in [0, 0.05) is 57.3 Å². The van der Waals surface area contributed by atoms with Gasteiger partial charge in [0.05, 0.1) is 26.0 Å². The minimum Gasteiger partial charge on any atom is -0.493 e. The number of hydrogen-bond acceptors (Lipinski definition) is 5. The Balaban J connectivity index is 0.00000361. The summed E-state index contributed by atoms with van der Waals surface area (Å²) in [5.41, 5.74) is 4.72. The summed E-state index contributed by atoms with van der Waals surface area (Å²) in [4.78, 5) is 28.3. The Morgan fingerprint density at radius 2 is 1.64 bits per heavy atom. The molecule has 0 saturated carbocycles. The van der Waals surface area contributed by atoms with Crippen LogP contribution in [0.2, 0.25) is 0 Å². The highest BCUT2D eigenvalue weighted by Crippen LogP contribution is 2.42. The monoisotopic (exact) mass is 513 g/mol. The van der Waals surface area contributed by atoms with E-state index in [0.717, 1.165) is 42.1 Å². The summed E-state index contributed by atoms with van der Waals surface area (Å²) in [5, 5.41) is 0. The Bertz CT molecular complexity index is 1150. The number of hydrogen-bond donors (Lipinski definition) is 0. The first-order chi connectivity index (χ1) is 16.7. The first-order valence-electron chi connectivity index (χ1n) is 11.8. The van der Waals surface area contributed by atoms with Gasteiger partial charge in [-0.05, 0) is 49.8 Å². The van der Waals surface area contributed by atoms with Crippen molar-refractivity contribution in [1.82, 2.24) is 14.7 Å². The summed E-state index contributed by atoms with van der Waals surface area (Å²) in [6, 6.07) is 11.9. The molecule has 0 unspecified atom stereocenters. The standard InChI is InChI=1S/C27H35N5O3.ClH/c1-30(2)27(31(3)4)29-26(33)18-10-8-17(9-11-18)25-20-15-24(35-7)23(34-6)14-19(20)21-16-32(5)13-12-22(21)28-25;/h8-11,14-15,21-22H,12-13,16H2,1-7H3;1H/t21-,22-;/m1./s1. The number of amides is 1. The minimum atomic E-state index is -0.276. The third-order valence-corrected chi connectivity index (χ3v) is 6.69. The molecule has 4 rings (SSSR count). The van der Waals surface area contributed by atoms with Crippen LogP contribution in [0.5, 0.6) is 11.5 Å². The fourth-order valence-corrected chi connectivity index (χ4v) is 4.96. The minimum absolute atomic E-state index is 0. The van der Waals surface area contributed by atoms with Gasteiger partial charge >= 0.3 is 0 Å². The number of carbonyl (C=O) groups excluding carboxylic acids is 1. The molecular formula is C27H36ClN5O3. The number of fused-ring (bicyclic) bond motifs is 3. The predicted octanol–water partition coefficient (Wildman–Crippen LogP) is 3.38. The highest BCUT2D eigenvalue weighted by Gasteiger charge is 2.36. The number of methoxy groups -OCH3 is 2. The molecule has 2 aliphatic rings. The number of nitrogens with zero attached hydrogens (tertiary/aromatic N) is 5. The molecule has 0 aliphatic carbocycles. The largest absolute Gasteiger partial charge is 0.493 e. The molecule has 2 aromatic rings.